The number of nitrogens with two attached hydrogens (primary N) is 1. The first-order valence-corrected chi connectivity index (χ1v) is 12.0. The molecule has 0 aliphatic heterocycles. The highest BCUT2D eigenvalue weighted by Gasteiger charge is 2.33. The van der Waals surface area contributed by atoms with Crippen LogP contribution in [0.3, 0.4) is 0 Å². The molecule has 8 heteroatoms. The second-order valence-corrected chi connectivity index (χ2v) is 10.6. The molecule has 32 heavy (non-hydrogen) atoms. The Labute approximate surface area is 191 Å². The summed E-state index contributed by atoms with van der Waals surface area (Å²) in [5, 5.41) is 19.0. The number of nitrogens with zero attached hydrogens (tertiary/aromatic N) is 2. The molecule has 0 spiro atoms. The number of methoxy groups -OCH3 is 1. The number of aliphatic hydroxyl groups is 1. The van der Waals surface area contributed by atoms with Crippen LogP contribution < -0.4 is 10.5 Å². The summed E-state index contributed by atoms with van der Waals surface area (Å²) in [6.45, 7) is 5.58. The first-order chi connectivity index (χ1) is 15.0. The molecule has 0 radical (unpaired) electrons. The normalized spacial score (nSPS) is 14.1. The van der Waals surface area contributed by atoms with Crippen LogP contribution in [-0.2, 0) is 23.0 Å². The quantitative estimate of drug-likeness (QED) is 0.497. The van der Waals surface area contributed by atoms with Gasteiger partial charge in [0.1, 0.15) is 5.75 Å². The Hall–Kier alpha value is -2.44. The number of nitriles is 1. The van der Waals surface area contributed by atoms with Crippen LogP contribution in [0.1, 0.15) is 44.7 Å². The maximum Gasteiger partial charge on any atom is 0.244 e. The number of hydrogen-bond donors (Lipinski definition) is 2. The van der Waals surface area contributed by atoms with E-state index in [0.29, 0.717) is 25.0 Å². The van der Waals surface area contributed by atoms with Crippen molar-refractivity contribution in [2.45, 2.75) is 63.7 Å². The van der Waals surface area contributed by atoms with Crippen LogP contribution in [0.5, 0.6) is 5.75 Å². The van der Waals surface area contributed by atoms with E-state index in [0.717, 1.165) is 15.4 Å². The fraction of sp³-hybridized carbons (Fsp3) is 0.458. The van der Waals surface area contributed by atoms with Gasteiger partial charge in [-0.25, -0.2) is 8.42 Å². The van der Waals surface area contributed by atoms with Crippen molar-refractivity contribution in [2.75, 3.05) is 7.11 Å². The molecule has 0 heterocycles. The largest absolute Gasteiger partial charge is 0.496 e. The highest BCUT2D eigenvalue weighted by atomic mass is 32.2. The number of hydrogen-bond acceptors (Lipinski definition) is 6. The van der Waals surface area contributed by atoms with Crippen LogP contribution in [0.2, 0.25) is 0 Å². The number of rotatable bonds is 11. The van der Waals surface area contributed by atoms with Gasteiger partial charge >= 0.3 is 0 Å². The van der Waals surface area contributed by atoms with Gasteiger partial charge in [-0.1, -0.05) is 44.2 Å². The lowest BCUT2D eigenvalue weighted by molar-refractivity contribution is 0.105. The molecular weight excluding hydrogens is 426 g/mol. The monoisotopic (exact) mass is 459 g/mol. The third-order valence-electron chi connectivity index (χ3n) is 5.45. The second kappa shape index (κ2) is 10.9. The molecule has 3 N–H and O–H groups in total. The molecular formula is C24H33N3O4S. The third-order valence-corrected chi connectivity index (χ3v) is 7.29. The Morgan fingerprint density at radius 2 is 1.88 bits per heavy atom. The summed E-state index contributed by atoms with van der Waals surface area (Å²) in [4.78, 5) is 0.0800. The first kappa shape index (κ1) is 25.8. The van der Waals surface area contributed by atoms with Crippen LogP contribution in [0.15, 0.2) is 53.4 Å². The van der Waals surface area contributed by atoms with Crippen LogP contribution in [0.25, 0.3) is 0 Å². The van der Waals surface area contributed by atoms with E-state index in [4.69, 9.17) is 15.7 Å². The lowest BCUT2D eigenvalue weighted by atomic mass is 9.81. The molecule has 0 aliphatic rings. The Balaban J connectivity index is 2.48. The average molecular weight is 460 g/mol. The van der Waals surface area contributed by atoms with Crippen molar-refractivity contribution in [3.63, 3.8) is 0 Å². The molecule has 7 nitrogen and oxygen atoms in total. The first-order valence-electron chi connectivity index (χ1n) is 10.5. The number of ether oxygens (including phenoxy) is 1. The molecule has 0 aliphatic carbocycles. The minimum atomic E-state index is -4.02. The second-order valence-electron chi connectivity index (χ2n) is 8.74. The summed E-state index contributed by atoms with van der Waals surface area (Å²) in [6, 6.07) is 16.0. The van der Waals surface area contributed by atoms with Crippen molar-refractivity contribution in [1.29, 1.82) is 5.26 Å². The summed E-state index contributed by atoms with van der Waals surface area (Å²) in [7, 11) is -2.48. The van der Waals surface area contributed by atoms with Gasteiger partial charge in [-0.15, -0.1) is 0 Å². The molecule has 0 bridgehead atoms. The Bertz CT molecular complexity index is 1030. The minimum Gasteiger partial charge on any atom is -0.496 e. The number of aliphatic hydroxyl groups excluding tert-OH is 1. The van der Waals surface area contributed by atoms with E-state index in [9.17, 15) is 13.5 Å². The molecule has 0 saturated carbocycles. The van der Waals surface area contributed by atoms with E-state index in [2.05, 4.69) is 6.07 Å². The van der Waals surface area contributed by atoms with E-state index in [-0.39, 0.29) is 16.9 Å². The van der Waals surface area contributed by atoms with Gasteiger partial charge in [-0.3, -0.25) is 0 Å². The molecule has 174 valence electrons. The maximum atomic E-state index is 13.6. The highest BCUT2D eigenvalue weighted by Crippen LogP contribution is 2.34. The summed E-state index contributed by atoms with van der Waals surface area (Å²) in [5.74, 6) is 0.586. The van der Waals surface area contributed by atoms with Crippen molar-refractivity contribution in [3.05, 3.63) is 59.7 Å². The van der Waals surface area contributed by atoms with E-state index < -0.39 is 22.3 Å². The molecule has 2 atom stereocenters. The van der Waals surface area contributed by atoms with Gasteiger partial charge in [0, 0.05) is 13.0 Å². The number of benzene rings is 2. The Kier molecular flexibility index (Phi) is 8.81. The van der Waals surface area contributed by atoms with Gasteiger partial charge < -0.3 is 15.6 Å². The zero-order valence-corrected chi connectivity index (χ0v) is 20.0. The maximum absolute atomic E-state index is 13.6. The van der Waals surface area contributed by atoms with Crippen LogP contribution in [0.4, 0.5) is 0 Å². The fourth-order valence-electron chi connectivity index (χ4n) is 3.54. The molecule has 2 rings (SSSR count). The van der Waals surface area contributed by atoms with E-state index in [1.165, 1.54) is 13.0 Å². The predicted octanol–water partition coefficient (Wildman–Crippen LogP) is 3.42. The van der Waals surface area contributed by atoms with E-state index in [1.807, 2.05) is 44.2 Å². The SMILES string of the molecule is COc1ccc(S(=O)(=O)N(Cc2ccccc2)[C@H](N)[C@@H](C)O)cc1CC(C)(C)CCC#N. The lowest BCUT2D eigenvalue weighted by Gasteiger charge is -2.30. The average Bonchev–Trinajstić information content (AvgIpc) is 2.75. The Morgan fingerprint density at radius 1 is 1.22 bits per heavy atom. The number of sulfonamides is 1. The van der Waals surface area contributed by atoms with Crippen LogP contribution in [-0.4, -0.2) is 37.2 Å². The molecule has 0 unspecified atom stereocenters. The zero-order chi connectivity index (χ0) is 23.9. The summed E-state index contributed by atoms with van der Waals surface area (Å²) >= 11 is 0. The molecule has 2 aromatic rings. The van der Waals surface area contributed by atoms with Gasteiger partial charge in [-0.2, -0.15) is 9.57 Å². The highest BCUT2D eigenvalue weighted by molar-refractivity contribution is 7.89. The smallest absolute Gasteiger partial charge is 0.244 e. The van der Waals surface area contributed by atoms with Crippen molar-refractivity contribution in [2.24, 2.45) is 11.1 Å². The zero-order valence-electron chi connectivity index (χ0n) is 19.2. The summed E-state index contributed by atoms with van der Waals surface area (Å²) < 4.78 is 33.8. The van der Waals surface area contributed by atoms with Crippen molar-refractivity contribution < 1.29 is 18.3 Å². The molecule has 2 aromatic carbocycles. The van der Waals surface area contributed by atoms with E-state index >= 15 is 0 Å². The van der Waals surface area contributed by atoms with E-state index in [1.54, 1.807) is 19.2 Å². The van der Waals surface area contributed by atoms with Gasteiger partial charge in [0.2, 0.25) is 10.0 Å². The minimum absolute atomic E-state index is 0.0320. The summed E-state index contributed by atoms with van der Waals surface area (Å²) in [6.07, 6.45) is -0.533. The van der Waals surface area contributed by atoms with Crippen molar-refractivity contribution in [3.8, 4) is 11.8 Å². The molecule has 0 amide bonds. The van der Waals surface area contributed by atoms with Gasteiger partial charge in [0.05, 0.1) is 30.3 Å². The summed E-state index contributed by atoms with van der Waals surface area (Å²) in [5.41, 5.74) is 7.41. The van der Waals surface area contributed by atoms with Gasteiger partial charge in [-0.05, 0) is 54.5 Å². The fourth-order valence-corrected chi connectivity index (χ4v) is 5.16. The van der Waals surface area contributed by atoms with Gasteiger partial charge in [0.15, 0.2) is 0 Å². The standard InChI is InChI=1S/C24H33N3O4S/c1-18(28)23(26)27(17-19-9-6-5-7-10-19)32(29,30)21-11-12-22(31-4)20(15-21)16-24(2,3)13-8-14-25/h5-7,9-12,15,18,23,28H,8,13,16-17,26H2,1-4H3/t18-,23+/m1/s1. The molecule has 0 saturated heterocycles. The predicted molar refractivity (Wildman–Crippen MR) is 124 cm³/mol. The lowest BCUT2D eigenvalue weighted by Crippen LogP contribution is -2.51. The van der Waals surface area contributed by atoms with Crippen LogP contribution >= 0.6 is 0 Å². The van der Waals surface area contributed by atoms with Gasteiger partial charge in [0.25, 0.3) is 0 Å². The molecule has 0 fully saturated rings. The molecule has 0 aromatic heterocycles. The van der Waals surface area contributed by atoms with Crippen molar-refractivity contribution in [1.82, 2.24) is 4.31 Å². The topological polar surface area (TPSA) is 117 Å². The third kappa shape index (κ3) is 6.53. The van der Waals surface area contributed by atoms with Crippen LogP contribution in [0, 0.1) is 16.7 Å². The van der Waals surface area contributed by atoms with Crippen molar-refractivity contribution >= 4 is 10.0 Å². The Morgan fingerprint density at radius 3 is 2.44 bits per heavy atom.